The second-order valence-electron chi connectivity index (χ2n) is 2.09. The van der Waals surface area contributed by atoms with Crippen molar-refractivity contribution in [3.63, 3.8) is 0 Å². The maximum absolute atomic E-state index is 5.62. The van der Waals surface area contributed by atoms with Crippen LogP contribution in [0.5, 0.6) is 0 Å². The number of benzene rings is 1. The molecule has 1 nitrogen and oxygen atoms in total. The largest absolute Gasteiger partial charge is 0.445 e. The number of fused-ring (bicyclic) bond motifs is 1. The van der Waals surface area contributed by atoms with Crippen molar-refractivity contribution in [3.05, 3.63) is 35.6 Å². The Bertz CT molecular complexity index is 318. The monoisotopic (exact) mass is 152 g/mol. The molecule has 0 atom stereocenters. The second kappa shape index (κ2) is 2.03. The Hall–Kier alpha value is -0.950. The average Bonchev–Trinajstić information content (AvgIpc) is 2.27. The molecule has 0 N–H and O–H groups in total. The average molecular weight is 153 g/mol. The summed E-state index contributed by atoms with van der Waals surface area (Å²) >= 11 is 5.62. The molecule has 1 aromatic heterocycles. The van der Waals surface area contributed by atoms with E-state index in [9.17, 15) is 0 Å². The van der Waals surface area contributed by atoms with Crippen LogP contribution in [0.2, 0.25) is 5.22 Å². The minimum atomic E-state index is 0.446. The number of hydrogen-bond acceptors (Lipinski definition) is 1. The quantitative estimate of drug-likeness (QED) is 0.566. The molecule has 0 radical (unpaired) electrons. The Balaban J connectivity index is 2.88. The van der Waals surface area contributed by atoms with E-state index in [1.807, 2.05) is 24.3 Å². The third kappa shape index (κ3) is 0.792. The van der Waals surface area contributed by atoms with Crippen molar-refractivity contribution in [2.45, 2.75) is 0 Å². The molecule has 0 saturated heterocycles. The lowest BCUT2D eigenvalue weighted by molar-refractivity contribution is 0.618. The van der Waals surface area contributed by atoms with Crippen LogP contribution in [0.25, 0.3) is 11.0 Å². The molecule has 0 aliphatic carbocycles. The SMILES string of the molecule is Clc1cc2ccccc2o1. The van der Waals surface area contributed by atoms with Crippen molar-refractivity contribution in [2.75, 3.05) is 0 Å². The first-order chi connectivity index (χ1) is 4.86. The number of hydrogen-bond donors (Lipinski definition) is 0. The number of furan rings is 1. The van der Waals surface area contributed by atoms with Crippen LogP contribution >= 0.6 is 11.6 Å². The van der Waals surface area contributed by atoms with E-state index in [0.717, 1.165) is 11.0 Å². The first kappa shape index (κ1) is 5.81. The zero-order valence-corrected chi connectivity index (χ0v) is 5.93. The third-order valence-electron chi connectivity index (χ3n) is 1.40. The van der Waals surface area contributed by atoms with Crippen LogP contribution in [0, 0.1) is 0 Å². The van der Waals surface area contributed by atoms with E-state index >= 15 is 0 Å². The Morgan fingerprint density at radius 2 is 2.00 bits per heavy atom. The number of para-hydroxylation sites is 1. The minimum absolute atomic E-state index is 0.446. The van der Waals surface area contributed by atoms with Crippen LogP contribution < -0.4 is 0 Å². The molecule has 0 bridgehead atoms. The summed E-state index contributed by atoms with van der Waals surface area (Å²) in [4.78, 5) is 0. The summed E-state index contributed by atoms with van der Waals surface area (Å²) in [6.07, 6.45) is 0. The zero-order chi connectivity index (χ0) is 6.97. The normalized spacial score (nSPS) is 10.5. The van der Waals surface area contributed by atoms with Crippen molar-refractivity contribution >= 4 is 22.6 Å². The first-order valence-corrected chi connectivity index (χ1v) is 3.38. The molecule has 50 valence electrons. The Labute approximate surface area is 63.2 Å². The topological polar surface area (TPSA) is 13.1 Å². The van der Waals surface area contributed by atoms with Gasteiger partial charge in [0.15, 0.2) is 5.22 Å². The molecular weight excluding hydrogens is 148 g/mol. The fourth-order valence-corrected chi connectivity index (χ4v) is 1.15. The molecule has 0 unspecified atom stereocenters. The fourth-order valence-electron chi connectivity index (χ4n) is 0.949. The first-order valence-electron chi connectivity index (χ1n) is 3.00. The van der Waals surface area contributed by atoms with Gasteiger partial charge in [0, 0.05) is 11.5 Å². The molecule has 0 aliphatic rings. The molecule has 10 heavy (non-hydrogen) atoms. The second-order valence-corrected chi connectivity index (χ2v) is 2.46. The highest BCUT2D eigenvalue weighted by molar-refractivity contribution is 6.29. The smallest absolute Gasteiger partial charge is 0.194 e. The fraction of sp³-hybridized carbons (Fsp3) is 0. The summed E-state index contributed by atoms with van der Waals surface area (Å²) in [5, 5.41) is 1.49. The van der Waals surface area contributed by atoms with Gasteiger partial charge in [-0.25, -0.2) is 0 Å². The van der Waals surface area contributed by atoms with Crippen LogP contribution in [0.3, 0.4) is 0 Å². The van der Waals surface area contributed by atoms with E-state index in [1.54, 1.807) is 6.07 Å². The van der Waals surface area contributed by atoms with Crippen LogP contribution in [-0.4, -0.2) is 0 Å². The summed E-state index contributed by atoms with van der Waals surface area (Å²) < 4.78 is 5.13. The highest BCUT2D eigenvalue weighted by Gasteiger charge is 1.97. The van der Waals surface area contributed by atoms with E-state index in [-0.39, 0.29) is 0 Å². The van der Waals surface area contributed by atoms with Gasteiger partial charge in [-0.3, -0.25) is 0 Å². The van der Waals surface area contributed by atoms with E-state index in [4.69, 9.17) is 16.0 Å². The molecule has 0 saturated carbocycles. The predicted octanol–water partition coefficient (Wildman–Crippen LogP) is 3.09. The van der Waals surface area contributed by atoms with Crippen LogP contribution in [0.1, 0.15) is 0 Å². The maximum Gasteiger partial charge on any atom is 0.194 e. The molecular formula is C8H5ClO. The van der Waals surface area contributed by atoms with Gasteiger partial charge < -0.3 is 4.42 Å². The molecule has 2 heteroatoms. The van der Waals surface area contributed by atoms with E-state index in [2.05, 4.69) is 0 Å². The van der Waals surface area contributed by atoms with Gasteiger partial charge in [-0.1, -0.05) is 18.2 Å². The molecule has 0 aliphatic heterocycles. The van der Waals surface area contributed by atoms with E-state index < -0.39 is 0 Å². The molecule has 1 heterocycles. The molecule has 0 spiro atoms. The van der Waals surface area contributed by atoms with Crippen LogP contribution in [-0.2, 0) is 0 Å². The van der Waals surface area contributed by atoms with Crippen LogP contribution in [0.4, 0.5) is 0 Å². The highest BCUT2D eigenvalue weighted by Crippen LogP contribution is 2.21. The van der Waals surface area contributed by atoms with Crippen molar-refractivity contribution in [2.24, 2.45) is 0 Å². The van der Waals surface area contributed by atoms with Crippen molar-refractivity contribution in [1.29, 1.82) is 0 Å². The standard InChI is InChI=1S/C8H5ClO/c9-8-5-6-3-1-2-4-7(6)10-8/h1-5H. The summed E-state index contributed by atoms with van der Waals surface area (Å²) in [6, 6.07) is 9.53. The van der Waals surface area contributed by atoms with Gasteiger partial charge in [0.25, 0.3) is 0 Å². The lowest BCUT2D eigenvalue weighted by Crippen LogP contribution is -1.57. The maximum atomic E-state index is 5.62. The van der Waals surface area contributed by atoms with Gasteiger partial charge in [0.2, 0.25) is 0 Å². The van der Waals surface area contributed by atoms with E-state index in [1.165, 1.54) is 0 Å². The Morgan fingerprint density at radius 3 is 2.80 bits per heavy atom. The van der Waals surface area contributed by atoms with Gasteiger partial charge in [0.05, 0.1) is 0 Å². The van der Waals surface area contributed by atoms with Crippen molar-refractivity contribution in [3.8, 4) is 0 Å². The Morgan fingerprint density at radius 1 is 1.20 bits per heavy atom. The summed E-state index contributed by atoms with van der Waals surface area (Å²) in [5.74, 6) is 0. The van der Waals surface area contributed by atoms with Gasteiger partial charge in [0.1, 0.15) is 5.58 Å². The number of rotatable bonds is 0. The van der Waals surface area contributed by atoms with Gasteiger partial charge in [-0.2, -0.15) is 0 Å². The molecule has 2 rings (SSSR count). The lowest BCUT2D eigenvalue weighted by atomic mass is 10.3. The summed E-state index contributed by atoms with van der Waals surface area (Å²) in [6.45, 7) is 0. The van der Waals surface area contributed by atoms with Crippen molar-refractivity contribution in [1.82, 2.24) is 0 Å². The molecule has 0 fully saturated rings. The van der Waals surface area contributed by atoms with Crippen LogP contribution in [0.15, 0.2) is 34.7 Å². The molecule has 1 aromatic carbocycles. The van der Waals surface area contributed by atoms with Gasteiger partial charge in [-0.05, 0) is 17.7 Å². The summed E-state index contributed by atoms with van der Waals surface area (Å²) in [5.41, 5.74) is 0.840. The van der Waals surface area contributed by atoms with Gasteiger partial charge in [-0.15, -0.1) is 0 Å². The van der Waals surface area contributed by atoms with Crippen molar-refractivity contribution < 1.29 is 4.42 Å². The predicted molar refractivity (Wildman–Crippen MR) is 41.2 cm³/mol. The molecule has 2 aromatic rings. The minimum Gasteiger partial charge on any atom is -0.445 e. The molecule has 0 amide bonds. The Kier molecular flexibility index (Phi) is 1.18. The van der Waals surface area contributed by atoms with Gasteiger partial charge >= 0.3 is 0 Å². The number of halogens is 1. The van der Waals surface area contributed by atoms with E-state index in [0.29, 0.717) is 5.22 Å². The third-order valence-corrected chi connectivity index (χ3v) is 1.58. The summed E-state index contributed by atoms with van der Waals surface area (Å²) in [7, 11) is 0. The highest BCUT2D eigenvalue weighted by atomic mass is 35.5. The lowest BCUT2D eigenvalue weighted by Gasteiger charge is -1.81. The zero-order valence-electron chi connectivity index (χ0n) is 5.17.